The maximum atomic E-state index is 12.1. The van der Waals surface area contributed by atoms with Crippen molar-refractivity contribution in [1.29, 1.82) is 0 Å². The minimum Gasteiger partial charge on any atom is -0.504 e. The zero-order valence-corrected chi connectivity index (χ0v) is 14.3. The van der Waals surface area contributed by atoms with Gasteiger partial charge in [0.15, 0.2) is 11.5 Å². The molecule has 24 heavy (non-hydrogen) atoms. The van der Waals surface area contributed by atoms with Gasteiger partial charge in [-0.25, -0.2) is 0 Å². The van der Waals surface area contributed by atoms with Crippen LogP contribution in [0.5, 0.6) is 28.7 Å². The quantitative estimate of drug-likeness (QED) is 0.615. The first-order valence-corrected chi connectivity index (χ1v) is 7.72. The lowest BCUT2D eigenvalue weighted by molar-refractivity contribution is -0.134. The molecular weight excluding hydrogens is 312 g/mol. The maximum absolute atomic E-state index is 12.1. The van der Waals surface area contributed by atoms with Gasteiger partial charge >= 0.3 is 5.97 Å². The number of benzene rings is 2. The van der Waals surface area contributed by atoms with E-state index >= 15 is 0 Å². The van der Waals surface area contributed by atoms with Crippen molar-refractivity contribution in [3.8, 4) is 28.7 Å². The summed E-state index contributed by atoms with van der Waals surface area (Å²) in [5.41, 5.74) is 0. The molecule has 0 saturated heterocycles. The lowest BCUT2D eigenvalue weighted by atomic mass is 10.1. The van der Waals surface area contributed by atoms with Crippen LogP contribution in [-0.2, 0) is 4.79 Å². The molecule has 0 atom stereocenters. The van der Waals surface area contributed by atoms with Crippen LogP contribution < -0.4 is 18.9 Å². The van der Waals surface area contributed by atoms with Crippen molar-refractivity contribution in [3.05, 3.63) is 18.2 Å². The predicted molar refractivity (Wildman–Crippen MR) is 90.4 cm³/mol. The minimum atomic E-state index is -0.361. The van der Waals surface area contributed by atoms with Crippen LogP contribution in [0.3, 0.4) is 0 Å². The van der Waals surface area contributed by atoms with E-state index < -0.39 is 0 Å². The molecule has 0 amide bonds. The van der Waals surface area contributed by atoms with Crippen molar-refractivity contribution < 1.29 is 28.8 Å². The van der Waals surface area contributed by atoms with Gasteiger partial charge in [-0.05, 0) is 24.6 Å². The molecule has 2 rings (SSSR count). The second-order valence-corrected chi connectivity index (χ2v) is 5.23. The van der Waals surface area contributed by atoms with Crippen LogP contribution in [0.1, 0.15) is 26.2 Å². The Morgan fingerprint density at radius 1 is 1.00 bits per heavy atom. The van der Waals surface area contributed by atoms with Gasteiger partial charge in [-0.1, -0.05) is 13.3 Å². The number of esters is 1. The van der Waals surface area contributed by atoms with Gasteiger partial charge in [0, 0.05) is 17.2 Å². The molecule has 0 radical (unpaired) electrons. The molecule has 1 N–H and O–H groups in total. The zero-order chi connectivity index (χ0) is 17.7. The molecule has 0 bridgehead atoms. The fourth-order valence-electron chi connectivity index (χ4n) is 2.46. The van der Waals surface area contributed by atoms with Gasteiger partial charge in [0.05, 0.1) is 21.3 Å². The number of phenolic OH excluding ortho intramolecular Hbond substituents is 1. The Hall–Kier alpha value is -2.63. The number of phenols is 1. The van der Waals surface area contributed by atoms with E-state index in [9.17, 15) is 9.90 Å². The van der Waals surface area contributed by atoms with Gasteiger partial charge in [-0.15, -0.1) is 0 Å². The van der Waals surface area contributed by atoms with E-state index in [2.05, 4.69) is 0 Å². The summed E-state index contributed by atoms with van der Waals surface area (Å²) in [7, 11) is 4.37. The third kappa shape index (κ3) is 3.32. The molecule has 2 aromatic rings. The number of ether oxygens (including phenoxy) is 4. The highest BCUT2D eigenvalue weighted by Gasteiger charge is 2.24. The number of fused-ring (bicyclic) bond motifs is 1. The summed E-state index contributed by atoms with van der Waals surface area (Å²) in [5.74, 6) is 0.616. The molecule has 0 heterocycles. The van der Waals surface area contributed by atoms with Crippen LogP contribution in [0.4, 0.5) is 0 Å². The Kier molecular flexibility index (Phi) is 5.73. The highest BCUT2D eigenvalue weighted by Crippen LogP contribution is 2.51. The molecule has 6 nitrogen and oxygen atoms in total. The van der Waals surface area contributed by atoms with Crippen molar-refractivity contribution in [2.24, 2.45) is 0 Å². The first-order chi connectivity index (χ1) is 11.6. The van der Waals surface area contributed by atoms with Crippen molar-refractivity contribution in [1.82, 2.24) is 0 Å². The van der Waals surface area contributed by atoms with E-state index in [1.54, 1.807) is 18.2 Å². The largest absolute Gasteiger partial charge is 0.504 e. The second kappa shape index (κ2) is 7.77. The Bertz CT molecular complexity index is 738. The maximum Gasteiger partial charge on any atom is 0.311 e. The van der Waals surface area contributed by atoms with Crippen molar-refractivity contribution in [3.63, 3.8) is 0 Å². The summed E-state index contributed by atoms with van der Waals surface area (Å²) >= 11 is 0. The smallest absolute Gasteiger partial charge is 0.311 e. The summed E-state index contributed by atoms with van der Waals surface area (Å²) in [6.45, 7) is 2.00. The first-order valence-electron chi connectivity index (χ1n) is 7.72. The van der Waals surface area contributed by atoms with E-state index in [0.717, 1.165) is 12.8 Å². The van der Waals surface area contributed by atoms with Crippen molar-refractivity contribution >= 4 is 16.7 Å². The van der Waals surface area contributed by atoms with Crippen LogP contribution in [0.15, 0.2) is 18.2 Å². The number of methoxy groups -OCH3 is 3. The molecule has 0 aromatic heterocycles. The third-order valence-corrected chi connectivity index (χ3v) is 3.71. The number of rotatable bonds is 7. The highest BCUT2D eigenvalue weighted by molar-refractivity contribution is 6.00. The minimum absolute atomic E-state index is 0.100. The molecule has 0 spiro atoms. The Morgan fingerprint density at radius 2 is 1.71 bits per heavy atom. The molecule has 0 saturated carbocycles. The van der Waals surface area contributed by atoms with E-state index in [0.29, 0.717) is 22.9 Å². The lowest BCUT2D eigenvalue weighted by Gasteiger charge is -2.17. The van der Waals surface area contributed by atoms with Crippen LogP contribution in [-0.4, -0.2) is 32.4 Å². The van der Waals surface area contributed by atoms with Crippen LogP contribution in [0, 0.1) is 0 Å². The van der Waals surface area contributed by atoms with E-state index in [4.69, 9.17) is 18.9 Å². The number of carbonyl (C=O) groups excluding carboxylic acids is 1. The van der Waals surface area contributed by atoms with Gasteiger partial charge < -0.3 is 24.1 Å². The van der Waals surface area contributed by atoms with Crippen LogP contribution >= 0.6 is 0 Å². The number of hydrogen-bond acceptors (Lipinski definition) is 6. The van der Waals surface area contributed by atoms with Gasteiger partial charge in [0.1, 0.15) is 5.75 Å². The number of hydrogen-bond donors (Lipinski definition) is 1. The molecule has 6 heteroatoms. The van der Waals surface area contributed by atoms with Gasteiger partial charge in [-0.3, -0.25) is 4.79 Å². The molecule has 0 fully saturated rings. The van der Waals surface area contributed by atoms with Crippen LogP contribution in [0.25, 0.3) is 10.8 Å². The number of carbonyl (C=O) groups is 1. The second-order valence-electron chi connectivity index (χ2n) is 5.23. The summed E-state index contributed by atoms with van der Waals surface area (Å²) in [4.78, 5) is 12.1. The monoisotopic (exact) mass is 334 g/mol. The SMILES string of the molecule is CCCCC(=O)Oc1c(OC)c(OC)c(O)c2cc(OC)ccc12. The Morgan fingerprint density at radius 3 is 2.29 bits per heavy atom. The van der Waals surface area contributed by atoms with Crippen molar-refractivity contribution in [2.45, 2.75) is 26.2 Å². The number of aromatic hydroxyl groups is 1. The summed E-state index contributed by atoms with van der Waals surface area (Å²) < 4.78 is 21.3. The zero-order valence-electron chi connectivity index (χ0n) is 14.3. The topological polar surface area (TPSA) is 74.2 Å². The summed E-state index contributed by atoms with van der Waals surface area (Å²) in [6.07, 6.45) is 1.94. The number of unbranched alkanes of at least 4 members (excludes halogenated alkanes) is 1. The molecule has 0 aliphatic carbocycles. The predicted octanol–water partition coefficient (Wildman–Crippen LogP) is 3.67. The van der Waals surface area contributed by atoms with E-state index in [1.165, 1.54) is 21.3 Å². The molecule has 0 aliphatic heterocycles. The normalized spacial score (nSPS) is 10.5. The third-order valence-electron chi connectivity index (χ3n) is 3.71. The highest BCUT2D eigenvalue weighted by atomic mass is 16.6. The Labute approximate surface area is 140 Å². The fraction of sp³-hybridized carbons (Fsp3) is 0.389. The Balaban J connectivity index is 2.65. The molecular formula is C18H22O6. The van der Waals surface area contributed by atoms with Gasteiger partial charge in [0.25, 0.3) is 0 Å². The molecule has 0 unspecified atom stereocenters. The average Bonchev–Trinajstić information content (AvgIpc) is 2.61. The standard InChI is InChI=1S/C18H22O6/c1-5-6-7-14(19)24-16-12-9-8-11(21-2)10-13(12)15(20)17(22-3)18(16)23-4/h8-10,20H,5-7H2,1-4H3. The van der Waals surface area contributed by atoms with Crippen molar-refractivity contribution in [2.75, 3.05) is 21.3 Å². The van der Waals surface area contributed by atoms with E-state index in [1.807, 2.05) is 6.92 Å². The summed E-state index contributed by atoms with van der Waals surface area (Å²) in [5, 5.41) is 11.5. The van der Waals surface area contributed by atoms with Gasteiger partial charge in [0.2, 0.25) is 11.5 Å². The molecule has 130 valence electrons. The lowest BCUT2D eigenvalue weighted by Crippen LogP contribution is -2.09. The summed E-state index contributed by atoms with van der Waals surface area (Å²) in [6, 6.07) is 5.07. The van der Waals surface area contributed by atoms with Gasteiger partial charge in [-0.2, -0.15) is 0 Å². The van der Waals surface area contributed by atoms with Crippen LogP contribution in [0.2, 0.25) is 0 Å². The molecule has 0 aliphatic rings. The average molecular weight is 334 g/mol. The first kappa shape index (κ1) is 17.7. The van der Waals surface area contributed by atoms with E-state index in [-0.39, 0.29) is 29.0 Å². The fourth-order valence-corrected chi connectivity index (χ4v) is 2.46. The molecule has 2 aromatic carbocycles.